The van der Waals surface area contributed by atoms with Crippen molar-refractivity contribution in [2.24, 2.45) is 0 Å². The van der Waals surface area contributed by atoms with Crippen molar-refractivity contribution in [3.8, 4) is 0 Å². The fourth-order valence-electron chi connectivity index (χ4n) is 2.89. The number of alkyl halides is 3. The van der Waals surface area contributed by atoms with Gasteiger partial charge in [0.2, 0.25) is 0 Å². The summed E-state index contributed by atoms with van der Waals surface area (Å²) in [6, 6.07) is -1.44. The Morgan fingerprint density at radius 3 is 2.52 bits per heavy atom. The zero-order chi connectivity index (χ0) is 17.7. The van der Waals surface area contributed by atoms with E-state index in [1.807, 2.05) is 13.3 Å². The minimum absolute atomic E-state index is 0.231. The number of nitrogens with one attached hydrogen (secondary N) is 1. The van der Waals surface area contributed by atoms with E-state index in [-0.39, 0.29) is 5.91 Å². The van der Waals surface area contributed by atoms with Gasteiger partial charge in [-0.1, -0.05) is 0 Å². The molecule has 23 heavy (non-hydrogen) atoms. The van der Waals surface area contributed by atoms with Crippen molar-refractivity contribution in [2.75, 3.05) is 19.9 Å². The first-order valence-electron chi connectivity index (χ1n) is 7.10. The molecular weight excluding hydrogens is 406 g/mol. The maximum atomic E-state index is 12.7. The van der Waals surface area contributed by atoms with E-state index in [1.54, 1.807) is 13.8 Å². The first kappa shape index (κ1) is 19.8. The molecule has 2 rings (SSSR count). The molecule has 0 aliphatic carbocycles. The van der Waals surface area contributed by atoms with E-state index in [1.165, 1.54) is 4.90 Å². The third kappa shape index (κ3) is 3.71. The van der Waals surface area contributed by atoms with Crippen molar-refractivity contribution in [3.05, 3.63) is 0 Å². The molecule has 0 spiro atoms. The predicted octanol–water partition coefficient (Wildman–Crippen LogP) is 1.06. The minimum atomic E-state index is -1.73. The number of amides is 1. The zero-order valence-electron chi connectivity index (χ0n) is 13.1. The summed E-state index contributed by atoms with van der Waals surface area (Å²) < 4.78 is 15.1. The molecule has 0 radical (unpaired) electrons. The molecule has 1 amide bonds. The van der Waals surface area contributed by atoms with Gasteiger partial charge in [0.1, 0.15) is 0 Å². The van der Waals surface area contributed by atoms with Gasteiger partial charge in [0.25, 0.3) is 0 Å². The summed E-state index contributed by atoms with van der Waals surface area (Å²) in [7, 11) is -1.24. The van der Waals surface area contributed by atoms with E-state index >= 15 is 0 Å². The Hall–Kier alpha value is 0.510. The van der Waals surface area contributed by atoms with Gasteiger partial charge in [0, 0.05) is 0 Å². The van der Waals surface area contributed by atoms with E-state index < -0.39 is 57.8 Å². The van der Waals surface area contributed by atoms with E-state index in [4.69, 9.17) is 39.5 Å². The number of carbonyl (C=O) groups excluding carboxylic acids is 2. The summed E-state index contributed by atoms with van der Waals surface area (Å²) in [6.07, 6.45) is 0. The normalized spacial score (nSPS) is 33.1. The van der Waals surface area contributed by atoms with Gasteiger partial charge in [-0.05, 0) is 0 Å². The number of hydrogen-bond acceptors (Lipinski definition) is 5. The summed E-state index contributed by atoms with van der Waals surface area (Å²) >= 11 is 15.3. The summed E-state index contributed by atoms with van der Waals surface area (Å²) in [5.74, 6) is -0.934. The molecule has 11 heteroatoms. The summed E-state index contributed by atoms with van der Waals surface area (Å²) in [5, 5.41) is 2.71. The Morgan fingerprint density at radius 2 is 2.04 bits per heavy atom. The third-order valence-corrected chi connectivity index (χ3v) is 7.42. The number of β-lactam (4-membered cyclic amide) rings is 1. The number of hydrogen-bond donors (Lipinski definition) is 1. The van der Waals surface area contributed by atoms with Gasteiger partial charge in [-0.2, -0.15) is 0 Å². The Morgan fingerprint density at radius 1 is 1.48 bits per heavy atom. The van der Waals surface area contributed by atoms with Gasteiger partial charge in [0.05, 0.1) is 0 Å². The van der Waals surface area contributed by atoms with Crippen LogP contribution in [0.5, 0.6) is 0 Å². The predicted molar refractivity (Wildman–Crippen MR) is 96.4 cm³/mol. The fourth-order valence-corrected chi connectivity index (χ4v) is 6.16. The average Bonchev–Trinajstić information content (AvgIpc) is 2.58. The number of fused-ring (bicyclic) bond motifs is 1. The van der Waals surface area contributed by atoms with Crippen molar-refractivity contribution < 1.29 is 18.9 Å². The molecule has 2 fully saturated rings. The van der Waals surface area contributed by atoms with Gasteiger partial charge in [-0.3, -0.25) is 0 Å². The molecular formula is C12H20Cl3N2O4PS. The number of rotatable bonds is 4. The summed E-state index contributed by atoms with van der Waals surface area (Å²) in [5.41, 5.74) is 0. The molecule has 0 aromatic carbocycles. The summed E-state index contributed by atoms with van der Waals surface area (Å²) in [6.45, 7) is 7.00. The van der Waals surface area contributed by atoms with Gasteiger partial charge in [-0.15, -0.1) is 0 Å². The van der Waals surface area contributed by atoms with Crippen LogP contribution in [0, 0.1) is 0 Å². The van der Waals surface area contributed by atoms with Gasteiger partial charge < -0.3 is 0 Å². The molecule has 0 bridgehead atoms. The van der Waals surface area contributed by atoms with E-state index in [0.717, 1.165) is 0 Å². The van der Waals surface area contributed by atoms with Crippen LogP contribution < -0.4 is 5.09 Å². The second kappa shape index (κ2) is 6.67. The van der Waals surface area contributed by atoms with Crippen LogP contribution >= 0.6 is 42.9 Å². The van der Waals surface area contributed by atoms with Crippen LogP contribution in [0.2, 0.25) is 0 Å². The number of nitrogens with zero attached hydrogens (tertiary/aromatic N) is 1. The van der Waals surface area contributed by atoms with Crippen LogP contribution in [0.25, 0.3) is 0 Å². The second-order valence-electron chi connectivity index (χ2n) is 6.46. The van der Waals surface area contributed by atoms with Crippen LogP contribution in [0.15, 0.2) is 0 Å². The summed E-state index contributed by atoms with van der Waals surface area (Å²) in [4.78, 5) is 26.1. The number of halogens is 3. The zero-order valence-corrected chi connectivity index (χ0v) is 17.4. The molecule has 134 valence electrons. The Bertz CT molecular complexity index is 517. The van der Waals surface area contributed by atoms with Crippen LogP contribution in [0.1, 0.15) is 13.8 Å². The van der Waals surface area contributed by atoms with Crippen molar-refractivity contribution >= 4 is 65.9 Å². The van der Waals surface area contributed by atoms with Crippen molar-refractivity contribution in [2.45, 2.75) is 39.8 Å². The third-order valence-electron chi connectivity index (χ3n) is 3.87. The van der Waals surface area contributed by atoms with Crippen molar-refractivity contribution in [1.82, 2.24) is 9.99 Å². The molecule has 2 aliphatic heterocycles. The Labute approximate surface area is 154 Å². The first-order valence-corrected chi connectivity index (χ1v) is 12.3. The van der Waals surface area contributed by atoms with E-state index in [2.05, 4.69) is 5.09 Å². The number of esters is 1. The second-order valence-corrected chi connectivity index (χ2v) is 13.8. The number of ether oxygens (including phenoxy) is 1. The van der Waals surface area contributed by atoms with Gasteiger partial charge in [-0.25, -0.2) is 0 Å². The molecule has 0 saturated carbocycles. The molecule has 1 N–H and O–H groups in total. The Balaban J connectivity index is 2.18. The molecule has 6 nitrogen and oxygen atoms in total. The molecule has 1 unspecified atom stereocenters. The SMILES string of the molecule is C[PH2](C)N[C@@H]1C(=O)N2[C@@H]1[S+]([O-])C(C)(C)[C@@H]2C(=O)OCC(Cl)(Cl)Cl. The Kier molecular flexibility index (Phi) is 5.75. The standard InChI is InChI=1S/C12H20Cl3N2O4PS/c1-11(2)7(10(19)21-5-12(13,14)15)17-8(18)6(16-22(3)4)9(17)23(11)20/h6-7,9,16H,5,22H2,1-4H3/t6-,7+,9-,23?/m1/s1. The van der Waals surface area contributed by atoms with Crippen LogP contribution in [0.3, 0.4) is 0 Å². The molecule has 2 saturated heterocycles. The maximum absolute atomic E-state index is 12.7. The molecule has 2 heterocycles. The van der Waals surface area contributed by atoms with E-state index in [0.29, 0.717) is 0 Å². The fraction of sp³-hybridized carbons (Fsp3) is 0.833. The van der Waals surface area contributed by atoms with Gasteiger partial charge in [0.15, 0.2) is 0 Å². The molecule has 2 aliphatic rings. The molecule has 4 atom stereocenters. The van der Waals surface area contributed by atoms with Crippen molar-refractivity contribution in [3.63, 3.8) is 0 Å². The average molecular weight is 426 g/mol. The topological polar surface area (TPSA) is 81.7 Å². The van der Waals surface area contributed by atoms with Gasteiger partial charge >= 0.3 is 155 Å². The molecule has 0 aromatic rings. The molecule has 0 aromatic heterocycles. The van der Waals surface area contributed by atoms with Crippen LogP contribution in [-0.4, -0.2) is 67.3 Å². The number of carbonyl (C=O) groups is 2. The van der Waals surface area contributed by atoms with Crippen molar-refractivity contribution in [1.29, 1.82) is 0 Å². The first-order chi connectivity index (χ1) is 10.4. The van der Waals surface area contributed by atoms with Crippen LogP contribution in [0.4, 0.5) is 0 Å². The quantitative estimate of drug-likeness (QED) is 0.239. The van der Waals surface area contributed by atoms with Crippen LogP contribution in [-0.2, 0) is 25.5 Å². The monoisotopic (exact) mass is 424 g/mol. The van der Waals surface area contributed by atoms with E-state index in [9.17, 15) is 14.1 Å².